The monoisotopic (exact) mass is 391 g/mol. The molecule has 1 aromatic carbocycles. The summed E-state index contributed by atoms with van der Waals surface area (Å²) in [5, 5.41) is 10.5. The van der Waals surface area contributed by atoms with Gasteiger partial charge in [-0.25, -0.2) is 0 Å². The first-order valence-corrected chi connectivity index (χ1v) is 10.1. The minimum absolute atomic E-state index is 0.00601. The topological polar surface area (TPSA) is 59.3 Å². The molecule has 0 aliphatic rings. The van der Waals surface area contributed by atoms with Crippen LogP contribution in [0.25, 0.3) is 10.9 Å². The average Bonchev–Trinajstić information content (AvgIpc) is 2.82. The Kier molecular flexibility index (Phi) is 7.49. The van der Waals surface area contributed by atoms with Gasteiger partial charge in [0.15, 0.2) is 5.78 Å². The second-order valence-corrected chi connectivity index (χ2v) is 8.45. The van der Waals surface area contributed by atoms with E-state index in [0.717, 1.165) is 41.4 Å². The van der Waals surface area contributed by atoms with Crippen molar-refractivity contribution in [1.29, 1.82) is 0 Å². The number of hydrogen-bond donors (Lipinski definition) is 1. The molecule has 27 heavy (non-hydrogen) atoms. The van der Waals surface area contributed by atoms with Crippen molar-refractivity contribution in [3.63, 3.8) is 0 Å². The van der Waals surface area contributed by atoms with E-state index in [9.17, 15) is 9.59 Å². The van der Waals surface area contributed by atoms with Gasteiger partial charge < -0.3 is 9.67 Å². The predicted octanol–water partition coefficient (Wildman–Crippen LogP) is 5.88. The maximum Gasteiger partial charge on any atom is 0.303 e. The molecule has 0 radical (unpaired) electrons. The molecule has 5 heteroatoms. The summed E-state index contributed by atoms with van der Waals surface area (Å²) >= 11 is 6.17. The van der Waals surface area contributed by atoms with Crippen LogP contribution in [0.4, 0.5) is 0 Å². The van der Waals surface area contributed by atoms with Crippen molar-refractivity contribution >= 4 is 34.3 Å². The number of fused-ring (bicyclic) bond motifs is 1. The first kappa shape index (κ1) is 21.5. The minimum Gasteiger partial charge on any atom is -0.481 e. The van der Waals surface area contributed by atoms with E-state index in [1.165, 1.54) is 6.42 Å². The second kappa shape index (κ2) is 9.41. The van der Waals surface area contributed by atoms with Gasteiger partial charge in [0.25, 0.3) is 0 Å². The molecule has 0 saturated carbocycles. The smallest absolute Gasteiger partial charge is 0.303 e. The number of unbranched alkanes of at least 4 members (excludes halogenated alkanes) is 1. The van der Waals surface area contributed by atoms with Gasteiger partial charge in [-0.05, 0) is 36.8 Å². The van der Waals surface area contributed by atoms with Gasteiger partial charge in [-0.1, -0.05) is 51.3 Å². The van der Waals surface area contributed by atoms with Crippen molar-refractivity contribution in [1.82, 2.24) is 4.57 Å². The van der Waals surface area contributed by atoms with E-state index in [2.05, 4.69) is 18.4 Å². The van der Waals surface area contributed by atoms with Gasteiger partial charge in [-0.15, -0.1) is 0 Å². The van der Waals surface area contributed by atoms with E-state index in [0.29, 0.717) is 10.9 Å². The standard InChI is InChI=1S/C22H30ClNO3/c1-14(2)7-5-6-8-18-22(20(25)11-15(3)12-21(26)27)17-10-9-16(23)13-19(17)24(18)4/h9-10,13-15H,5-8,11-12H2,1-4H3,(H,26,27)/t15-/m0/s1. The summed E-state index contributed by atoms with van der Waals surface area (Å²) in [6.45, 7) is 6.26. The Labute approximate surface area is 166 Å². The average molecular weight is 392 g/mol. The Morgan fingerprint density at radius 2 is 1.85 bits per heavy atom. The molecular weight excluding hydrogens is 362 g/mol. The first-order valence-electron chi connectivity index (χ1n) is 9.72. The number of carboxylic acid groups (broad SMARTS) is 1. The highest BCUT2D eigenvalue weighted by atomic mass is 35.5. The highest BCUT2D eigenvalue weighted by Crippen LogP contribution is 2.31. The lowest BCUT2D eigenvalue weighted by Gasteiger charge is -2.11. The molecule has 0 aliphatic carbocycles. The number of ketones is 1. The zero-order valence-electron chi connectivity index (χ0n) is 16.7. The van der Waals surface area contributed by atoms with Gasteiger partial charge in [-0.2, -0.15) is 0 Å². The molecule has 0 aliphatic heterocycles. The normalized spacial score (nSPS) is 12.7. The maximum atomic E-state index is 13.1. The molecular formula is C22H30ClNO3. The highest BCUT2D eigenvalue weighted by Gasteiger charge is 2.23. The summed E-state index contributed by atoms with van der Waals surface area (Å²) in [5.74, 6) is -0.356. The van der Waals surface area contributed by atoms with Crippen LogP contribution in [0.2, 0.25) is 5.02 Å². The number of nitrogens with zero attached hydrogens (tertiary/aromatic N) is 1. The first-order chi connectivity index (χ1) is 12.7. The number of Topliss-reactive ketones (excluding diaryl/α,β-unsaturated/α-hetero) is 1. The highest BCUT2D eigenvalue weighted by molar-refractivity contribution is 6.31. The van der Waals surface area contributed by atoms with Crippen LogP contribution < -0.4 is 0 Å². The Balaban J connectivity index is 2.34. The van der Waals surface area contributed by atoms with Gasteiger partial charge in [0.05, 0.1) is 5.52 Å². The molecule has 0 spiro atoms. The zero-order chi connectivity index (χ0) is 20.1. The molecule has 0 bridgehead atoms. The number of aromatic nitrogens is 1. The molecule has 1 heterocycles. The number of carbonyl (C=O) groups excluding carboxylic acids is 1. The van der Waals surface area contributed by atoms with E-state index in [1.54, 1.807) is 0 Å². The van der Waals surface area contributed by atoms with Crippen LogP contribution in [-0.2, 0) is 18.3 Å². The van der Waals surface area contributed by atoms with Gasteiger partial charge in [0.1, 0.15) is 0 Å². The van der Waals surface area contributed by atoms with E-state index in [1.807, 2.05) is 32.2 Å². The largest absolute Gasteiger partial charge is 0.481 e. The van der Waals surface area contributed by atoms with Gasteiger partial charge in [-0.3, -0.25) is 9.59 Å². The second-order valence-electron chi connectivity index (χ2n) is 8.01. The molecule has 2 rings (SSSR count). The lowest BCUT2D eigenvalue weighted by atomic mass is 9.94. The molecule has 1 N–H and O–H groups in total. The Hall–Kier alpha value is -1.81. The molecule has 1 atom stereocenters. The van der Waals surface area contributed by atoms with Crippen LogP contribution in [-0.4, -0.2) is 21.4 Å². The van der Waals surface area contributed by atoms with Crippen molar-refractivity contribution in [2.75, 3.05) is 0 Å². The fraction of sp³-hybridized carbons (Fsp3) is 0.545. The van der Waals surface area contributed by atoms with Gasteiger partial charge in [0.2, 0.25) is 0 Å². The summed E-state index contributed by atoms with van der Waals surface area (Å²) in [5.41, 5.74) is 2.73. The van der Waals surface area contributed by atoms with Crippen LogP contribution in [0.3, 0.4) is 0 Å². The fourth-order valence-corrected chi connectivity index (χ4v) is 3.87. The molecule has 1 aromatic heterocycles. The van der Waals surface area contributed by atoms with Crippen LogP contribution in [0, 0.1) is 11.8 Å². The lowest BCUT2D eigenvalue weighted by molar-refractivity contribution is -0.137. The Morgan fingerprint density at radius 1 is 1.15 bits per heavy atom. The van der Waals surface area contributed by atoms with Crippen molar-refractivity contribution in [3.8, 4) is 0 Å². The number of rotatable bonds is 10. The number of hydrogen-bond acceptors (Lipinski definition) is 2. The number of halogens is 1. The molecule has 0 fully saturated rings. The van der Waals surface area contributed by atoms with Crippen LogP contribution in [0.1, 0.15) is 68.9 Å². The number of aryl methyl sites for hydroxylation is 1. The van der Waals surface area contributed by atoms with E-state index >= 15 is 0 Å². The fourth-order valence-electron chi connectivity index (χ4n) is 3.70. The quantitative estimate of drug-likeness (QED) is 0.406. The van der Waals surface area contributed by atoms with Gasteiger partial charge >= 0.3 is 5.97 Å². The minimum atomic E-state index is -0.867. The molecule has 0 amide bonds. The van der Waals surface area contributed by atoms with Crippen LogP contribution in [0.15, 0.2) is 18.2 Å². The third kappa shape index (κ3) is 5.58. The number of aliphatic carboxylic acids is 1. The number of benzene rings is 1. The van der Waals surface area contributed by atoms with E-state index in [-0.39, 0.29) is 24.5 Å². The third-order valence-corrected chi connectivity index (χ3v) is 5.30. The maximum absolute atomic E-state index is 13.1. The number of carbonyl (C=O) groups is 2. The van der Waals surface area contributed by atoms with Crippen LogP contribution in [0.5, 0.6) is 0 Å². The molecule has 0 unspecified atom stereocenters. The Morgan fingerprint density at radius 3 is 2.48 bits per heavy atom. The SMILES string of the molecule is CC(C)CCCCc1c(C(=O)C[C@H](C)CC(=O)O)c2ccc(Cl)cc2n1C. The molecule has 2 aromatic rings. The third-order valence-electron chi connectivity index (χ3n) is 5.06. The summed E-state index contributed by atoms with van der Waals surface area (Å²) in [6.07, 6.45) is 4.42. The summed E-state index contributed by atoms with van der Waals surface area (Å²) in [6, 6.07) is 5.61. The lowest BCUT2D eigenvalue weighted by Crippen LogP contribution is -2.12. The predicted molar refractivity (Wildman–Crippen MR) is 111 cm³/mol. The van der Waals surface area contributed by atoms with Crippen molar-refractivity contribution in [2.45, 2.75) is 59.3 Å². The van der Waals surface area contributed by atoms with E-state index in [4.69, 9.17) is 16.7 Å². The summed E-state index contributed by atoms with van der Waals surface area (Å²) < 4.78 is 2.08. The van der Waals surface area contributed by atoms with Crippen LogP contribution >= 0.6 is 11.6 Å². The molecule has 0 saturated heterocycles. The molecule has 148 valence electrons. The Bertz CT molecular complexity index is 823. The summed E-state index contributed by atoms with van der Waals surface area (Å²) in [4.78, 5) is 24.0. The van der Waals surface area contributed by atoms with E-state index < -0.39 is 5.97 Å². The van der Waals surface area contributed by atoms with Crippen molar-refractivity contribution in [2.24, 2.45) is 18.9 Å². The zero-order valence-corrected chi connectivity index (χ0v) is 17.5. The number of carboxylic acids is 1. The van der Waals surface area contributed by atoms with Gasteiger partial charge in [0, 0.05) is 41.6 Å². The van der Waals surface area contributed by atoms with Crippen molar-refractivity contribution < 1.29 is 14.7 Å². The molecule has 4 nitrogen and oxygen atoms in total. The van der Waals surface area contributed by atoms with Crippen molar-refractivity contribution in [3.05, 3.63) is 34.5 Å². The summed E-state index contributed by atoms with van der Waals surface area (Å²) in [7, 11) is 1.98.